The molecule has 1 heterocycles. The minimum Gasteiger partial charge on any atom is -0.464 e. The Morgan fingerprint density at radius 1 is 1.53 bits per heavy atom. The molecule has 0 aliphatic heterocycles. The third-order valence-electron chi connectivity index (χ3n) is 2.60. The van der Waals surface area contributed by atoms with E-state index in [9.17, 15) is 4.79 Å². The molecule has 0 bridgehead atoms. The normalized spacial score (nSPS) is 11.9. The van der Waals surface area contributed by atoms with Gasteiger partial charge in [-0.2, -0.15) is 0 Å². The zero-order valence-corrected chi connectivity index (χ0v) is 11.7. The number of nitrogens with zero attached hydrogens (tertiary/aromatic N) is 1. The van der Waals surface area contributed by atoms with Crippen LogP contribution in [0, 0.1) is 6.92 Å². The summed E-state index contributed by atoms with van der Waals surface area (Å²) in [7, 11) is 0. The average Bonchev–Trinajstić information content (AvgIpc) is 2.90. The quantitative estimate of drug-likeness (QED) is 0.852. The summed E-state index contributed by atoms with van der Waals surface area (Å²) in [5, 5.41) is 5.03. The predicted octanol–water partition coefficient (Wildman–Crippen LogP) is 3.17. The molecule has 1 aromatic heterocycles. The van der Waals surface area contributed by atoms with E-state index in [1.54, 1.807) is 12.4 Å². The van der Waals surface area contributed by atoms with Crippen molar-refractivity contribution in [3.8, 4) is 0 Å². The Balaban J connectivity index is 2.21. The van der Waals surface area contributed by atoms with E-state index >= 15 is 0 Å². The fourth-order valence-electron chi connectivity index (χ4n) is 1.75. The second-order valence-electron chi connectivity index (χ2n) is 4.11. The van der Waals surface area contributed by atoms with Crippen LogP contribution in [0.5, 0.6) is 0 Å². The molecule has 100 valence electrons. The summed E-state index contributed by atoms with van der Waals surface area (Å²) in [6, 6.07) is 7.30. The van der Waals surface area contributed by atoms with Gasteiger partial charge in [-0.15, -0.1) is 11.3 Å². The highest BCUT2D eigenvalue weighted by molar-refractivity contribution is 7.07. The van der Waals surface area contributed by atoms with Gasteiger partial charge in [-0.3, -0.25) is 0 Å². The number of aryl methyl sites for hydroxylation is 1. The van der Waals surface area contributed by atoms with Gasteiger partial charge in [0.25, 0.3) is 0 Å². The topological polar surface area (TPSA) is 51.2 Å². The first-order valence-corrected chi connectivity index (χ1v) is 7.03. The number of anilines is 1. The van der Waals surface area contributed by atoms with E-state index in [1.165, 1.54) is 11.3 Å². The van der Waals surface area contributed by atoms with E-state index in [0.717, 1.165) is 11.3 Å². The number of ether oxygens (including phenoxy) is 1. The molecular weight excluding hydrogens is 260 g/mol. The Morgan fingerprint density at radius 2 is 2.37 bits per heavy atom. The Kier molecular flexibility index (Phi) is 4.52. The number of carbonyl (C=O) groups excluding carboxylic acids is 1. The molecule has 0 aliphatic carbocycles. The maximum Gasteiger partial charge on any atom is 0.334 e. The number of thiazole rings is 1. The minimum atomic E-state index is -0.562. The standard InChI is InChI=1S/C14H16N2O2S/c1-3-18-14(17)13(12-8-19-9-15-12)16-11-6-4-5-10(2)7-11/h4-9,13,16H,3H2,1-2H3. The summed E-state index contributed by atoms with van der Waals surface area (Å²) < 4.78 is 5.09. The summed E-state index contributed by atoms with van der Waals surface area (Å²) in [5.41, 5.74) is 4.40. The lowest BCUT2D eigenvalue weighted by atomic mass is 10.2. The van der Waals surface area contributed by atoms with Gasteiger partial charge in [-0.25, -0.2) is 9.78 Å². The molecule has 0 fully saturated rings. The molecule has 1 N–H and O–H groups in total. The van der Waals surface area contributed by atoms with Crippen molar-refractivity contribution in [2.45, 2.75) is 19.9 Å². The Hall–Kier alpha value is -1.88. The van der Waals surface area contributed by atoms with Gasteiger partial charge in [0.1, 0.15) is 0 Å². The van der Waals surface area contributed by atoms with Crippen molar-refractivity contribution in [1.82, 2.24) is 4.98 Å². The van der Waals surface area contributed by atoms with Gasteiger partial charge in [-0.05, 0) is 31.5 Å². The van der Waals surface area contributed by atoms with Crippen molar-refractivity contribution >= 4 is 23.0 Å². The van der Waals surface area contributed by atoms with Gasteiger partial charge >= 0.3 is 5.97 Å². The zero-order chi connectivity index (χ0) is 13.7. The number of carbonyl (C=O) groups is 1. The summed E-state index contributed by atoms with van der Waals surface area (Å²) in [5.74, 6) is -0.310. The first-order chi connectivity index (χ1) is 9.20. The molecule has 1 aromatic carbocycles. The van der Waals surface area contributed by atoms with Crippen molar-refractivity contribution in [2.24, 2.45) is 0 Å². The number of nitrogens with one attached hydrogen (secondary N) is 1. The third-order valence-corrected chi connectivity index (χ3v) is 3.20. The van der Waals surface area contributed by atoms with E-state index in [2.05, 4.69) is 10.3 Å². The first-order valence-electron chi connectivity index (χ1n) is 6.08. The maximum absolute atomic E-state index is 12.0. The first kappa shape index (κ1) is 13.5. The SMILES string of the molecule is CCOC(=O)C(Nc1cccc(C)c1)c1cscn1. The van der Waals surface area contributed by atoms with E-state index in [0.29, 0.717) is 12.3 Å². The molecule has 0 aliphatic rings. The predicted molar refractivity (Wildman–Crippen MR) is 76.3 cm³/mol. The van der Waals surface area contributed by atoms with Gasteiger partial charge in [0.05, 0.1) is 17.8 Å². The molecule has 1 unspecified atom stereocenters. The van der Waals surface area contributed by atoms with Crippen LogP contribution in [0.25, 0.3) is 0 Å². The molecule has 2 aromatic rings. The minimum absolute atomic E-state index is 0.310. The van der Waals surface area contributed by atoms with Crippen LogP contribution in [-0.2, 0) is 9.53 Å². The van der Waals surface area contributed by atoms with Gasteiger partial charge < -0.3 is 10.1 Å². The van der Waals surface area contributed by atoms with Crippen LogP contribution in [0.15, 0.2) is 35.2 Å². The molecule has 2 rings (SSSR count). The Bertz CT molecular complexity index is 540. The van der Waals surface area contributed by atoms with Gasteiger partial charge in [0.15, 0.2) is 6.04 Å². The number of aromatic nitrogens is 1. The van der Waals surface area contributed by atoms with Gasteiger partial charge in [0, 0.05) is 11.1 Å². The molecule has 0 amide bonds. The molecule has 0 saturated carbocycles. The van der Waals surface area contributed by atoms with E-state index < -0.39 is 6.04 Å². The highest BCUT2D eigenvalue weighted by Gasteiger charge is 2.23. The van der Waals surface area contributed by atoms with Crippen LogP contribution < -0.4 is 5.32 Å². The highest BCUT2D eigenvalue weighted by atomic mass is 32.1. The van der Waals surface area contributed by atoms with Crippen molar-refractivity contribution < 1.29 is 9.53 Å². The molecule has 4 nitrogen and oxygen atoms in total. The molecule has 5 heteroatoms. The number of hydrogen-bond donors (Lipinski definition) is 1. The molecule has 19 heavy (non-hydrogen) atoms. The second-order valence-corrected chi connectivity index (χ2v) is 4.83. The fraction of sp³-hybridized carbons (Fsp3) is 0.286. The molecule has 0 spiro atoms. The average molecular weight is 276 g/mol. The van der Waals surface area contributed by atoms with Crippen LogP contribution in [0.3, 0.4) is 0 Å². The highest BCUT2D eigenvalue weighted by Crippen LogP contribution is 2.21. The lowest BCUT2D eigenvalue weighted by Crippen LogP contribution is -2.23. The molecule has 0 radical (unpaired) electrons. The van der Waals surface area contributed by atoms with Crippen molar-refractivity contribution in [3.63, 3.8) is 0 Å². The van der Waals surface area contributed by atoms with E-state index in [1.807, 2.05) is 36.6 Å². The van der Waals surface area contributed by atoms with Crippen molar-refractivity contribution in [2.75, 3.05) is 11.9 Å². The van der Waals surface area contributed by atoms with Crippen molar-refractivity contribution in [1.29, 1.82) is 0 Å². The Morgan fingerprint density at radius 3 is 3.00 bits per heavy atom. The third kappa shape index (κ3) is 3.54. The van der Waals surface area contributed by atoms with Crippen LogP contribution in [0.4, 0.5) is 5.69 Å². The van der Waals surface area contributed by atoms with E-state index in [-0.39, 0.29) is 5.97 Å². The summed E-state index contributed by atoms with van der Waals surface area (Å²) in [4.78, 5) is 16.2. The van der Waals surface area contributed by atoms with E-state index in [4.69, 9.17) is 4.74 Å². The smallest absolute Gasteiger partial charge is 0.334 e. The number of esters is 1. The lowest BCUT2D eigenvalue weighted by molar-refractivity contribution is -0.144. The monoisotopic (exact) mass is 276 g/mol. The number of hydrogen-bond acceptors (Lipinski definition) is 5. The van der Waals surface area contributed by atoms with Crippen molar-refractivity contribution in [3.05, 3.63) is 46.4 Å². The molecule has 1 atom stereocenters. The fourth-order valence-corrected chi connectivity index (χ4v) is 2.32. The van der Waals surface area contributed by atoms with Crippen LogP contribution in [0.2, 0.25) is 0 Å². The van der Waals surface area contributed by atoms with Gasteiger partial charge in [-0.1, -0.05) is 12.1 Å². The number of rotatable bonds is 5. The summed E-state index contributed by atoms with van der Waals surface area (Å²) >= 11 is 1.46. The Labute approximate surface area is 116 Å². The zero-order valence-electron chi connectivity index (χ0n) is 10.9. The summed E-state index contributed by atoms with van der Waals surface area (Å²) in [6.07, 6.45) is 0. The van der Waals surface area contributed by atoms with Crippen LogP contribution >= 0.6 is 11.3 Å². The maximum atomic E-state index is 12.0. The van der Waals surface area contributed by atoms with Crippen LogP contribution in [-0.4, -0.2) is 17.6 Å². The van der Waals surface area contributed by atoms with Gasteiger partial charge in [0.2, 0.25) is 0 Å². The summed E-state index contributed by atoms with van der Waals surface area (Å²) in [6.45, 7) is 4.16. The lowest BCUT2D eigenvalue weighted by Gasteiger charge is -2.16. The number of benzene rings is 1. The van der Waals surface area contributed by atoms with Crippen LogP contribution in [0.1, 0.15) is 24.2 Å². The molecule has 0 saturated heterocycles. The largest absolute Gasteiger partial charge is 0.464 e. The second kappa shape index (κ2) is 6.33. The molecular formula is C14H16N2O2S.